The third-order valence-corrected chi connectivity index (χ3v) is 3.86. The number of benzene rings is 1. The van der Waals surface area contributed by atoms with Crippen LogP contribution in [0.1, 0.15) is 37.2 Å². The lowest BCUT2D eigenvalue weighted by Crippen LogP contribution is -2.25. The van der Waals surface area contributed by atoms with Crippen molar-refractivity contribution in [3.05, 3.63) is 47.7 Å². The summed E-state index contributed by atoms with van der Waals surface area (Å²) in [4.78, 5) is 22.8. The summed E-state index contributed by atoms with van der Waals surface area (Å²) in [7, 11) is 0. The van der Waals surface area contributed by atoms with Gasteiger partial charge in [0, 0.05) is 12.0 Å². The summed E-state index contributed by atoms with van der Waals surface area (Å²) in [5, 5.41) is 17.9. The summed E-state index contributed by atoms with van der Waals surface area (Å²) in [5.74, 6) is -2.78. The molecule has 106 valence electrons. The zero-order valence-corrected chi connectivity index (χ0v) is 11.2. The smallest absolute Gasteiger partial charge is 0.371 e. The molecule has 4 heteroatoms. The normalized spacial score (nSPS) is 23.3. The number of aliphatic carboxylic acids is 1. The lowest BCUT2D eigenvalue weighted by atomic mass is 9.73. The predicted octanol–water partition coefficient (Wildman–Crippen LogP) is 3.06. The molecule has 0 aliphatic heterocycles. The van der Waals surface area contributed by atoms with Crippen LogP contribution in [0.5, 0.6) is 0 Å². The van der Waals surface area contributed by atoms with Gasteiger partial charge >= 0.3 is 5.97 Å². The zero-order valence-electron chi connectivity index (χ0n) is 11.2. The van der Waals surface area contributed by atoms with E-state index in [4.69, 9.17) is 5.11 Å². The van der Waals surface area contributed by atoms with Crippen molar-refractivity contribution >= 4 is 11.8 Å². The molecule has 1 aliphatic rings. The number of carbonyl (C=O) groups is 2. The third-order valence-electron chi connectivity index (χ3n) is 3.86. The molecule has 2 atom stereocenters. The summed E-state index contributed by atoms with van der Waals surface area (Å²) in [6.45, 7) is 0. The molecule has 0 spiro atoms. The molecule has 1 saturated carbocycles. The Kier molecular flexibility index (Phi) is 4.56. The highest BCUT2D eigenvalue weighted by Crippen LogP contribution is 2.38. The summed E-state index contributed by atoms with van der Waals surface area (Å²) >= 11 is 0. The van der Waals surface area contributed by atoms with Crippen molar-refractivity contribution in [2.75, 3.05) is 0 Å². The van der Waals surface area contributed by atoms with Crippen LogP contribution in [0.15, 0.2) is 42.2 Å². The van der Waals surface area contributed by atoms with Crippen LogP contribution in [-0.2, 0) is 9.59 Å². The molecule has 1 fully saturated rings. The molecule has 1 aliphatic carbocycles. The fraction of sp³-hybridized carbons (Fsp3) is 0.375. The van der Waals surface area contributed by atoms with E-state index in [1.165, 1.54) is 0 Å². The SMILES string of the molecule is O=C(O)/C(O)=C/C(=O)C1CCCCC1c1ccccc1. The van der Waals surface area contributed by atoms with Crippen molar-refractivity contribution in [2.24, 2.45) is 5.92 Å². The van der Waals surface area contributed by atoms with Crippen LogP contribution in [0.3, 0.4) is 0 Å². The van der Waals surface area contributed by atoms with Crippen molar-refractivity contribution in [1.29, 1.82) is 0 Å². The molecule has 0 radical (unpaired) electrons. The van der Waals surface area contributed by atoms with E-state index in [1.54, 1.807) is 0 Å². The van der Waals surface area contributed by atoms with E-state index >= 15 is 0 Å². The van der Waals surface area contributed by atoms with Gasteiger partial charge in [0.1, 0.15) is 0 Å². The second-order valence-electron chi connectivity index (χ2n) is 5.15. The van der Waals surface area contributed by atoms with E-state index in [0.717, 1.165) is 37.3 Å². The lowest BCUT2D eigenvalue weighted by molar-refractivity contribution is -0.136. The van der Waals surface area contributed by atoms with Gasteiger partial charge in [-0.05, 0) is 24.3 Å². The molecule has 1 aromatic carbocycles. The van der Waals surface area contributed by atoms with Gasteiger partial charge in [-0.2, -0.15) is 0 Å². The van der Waals surface area contributed by atoms with Crippen LogP contribution < -0.4 is 0 Å². The summed E-state index contributed by atoms with van der Waals surface area (Å²) < 4.78 is 0. The molecular formula is C16H18O4. The fourth-order valence-corrected chi connectivity index (χ4v) is 2.87. The second kappa shape index (κ2) is 6.37. The Balaban J connectivity index is 2.21. The topological polar surface area (TPSA) is 74.6 Å². The molecule has 2 rings (SSSR count). The maximum absolute atomic E-state index is 12.2. The molecule has 2 N–H and O–H groups in total. The third kappa shape index (κ3) is 3.26. The zero-order chi connectivity index (χ0) is 14.5. The highest BCUT2D eigenvalue weighted by Gasteiger charge is 2.31. The van der Waals surface area contributed by atoms with E-state index < -0.39 is 11.7 Å². The summed E-state index contributed by atoms with van der Waals surface area (Å²) in [6, 6.07) is 9.81. The van der Waals surface area contributed by atoms with Gasteiger partial charge in [0.15, 0.2) is 5.78 Å². The van der Waals surface area contributed by atoms with Gasteiger partial charge in [-0.3, -0.25) is 4.79 Å². The fourth-order valence-electron chi connectivity index (χ4n) is 2.87. The van der Waals surface area contributed by atoms with Crippen molar-refractivity contribution in [3.8, 4) is 0 Å². The molecular weight excluding hydrogens is 256 g/mol. The maximum atomic E-state index is 12.2. The standard InChI is InChI=1S/C16H18O4/c17-14(10-15(18)16(19)20)13-9-5-4-8-12(13)11-6-2-1-3-7-11/h1-3,6-7,10,12-13,18H,4-5,8-9H2,(H,19,20)/b15-10-. The van der Waals surface area contributed by atoms with Crippen LogP contribution in [0.4, 0.5) is 0 Å². The first kappa shape index (κ1) is 14.3. The number of carbonyl (C=O) groups excluding carboxylic acids is 1. The van der Waals surface area contributed by atoms with Crippen LogP contribution in [0.2, 0.25) is 0 Å². The van der Waals surface area contributed by atoms with E-state index in [0.29, 0.717) is 0 Å². The summed E-state index contributed by atoms with van der Waals surface area (Å²) in [5.41, 5.74) is 1.11. The van der Waals surface area contributed by atoms with E-state index in [9.17, 15) is 14.7 Å². The quantitative estimate of drug-likeness (QED) is 0.653. The average molecular weight is 274 g/mol. The van der Waals surface area contributed by atoms with Crippen molar-refractivity contribution in [1.82, 2.24) is 0 Å². The molecule has 0 saturated heterocycles. The molecule has 0 amide bonds. The van der Waals surface area contributed by atoms with E-state index in [-0.39, 0.29) is 17.6 Å². The van der Waals surface area contributed by atoms with Crippen molar-refractivity contribution in [2.45, 2.75) is 31.6 Å². The van der Waals surface area contributed by atoms with Gasteiger partial charge in [0.05, 0.1) is 0 Å². The highest BCUT2D eigenvalue weighted by molar-refractivity contribution is 5.98. The number of carboxylic acid groups (broad SMARTS) is 1. The van der Waals surface area contributed by atoms with Crippen LogP contribution in [-0.4, -0.2) is 22.0 Å². The second-order valence-corrected chi connectivity index (χ2v) is 5.15. The minimum atomic E-state index is -1.47. The number of carboxylic acids is 1. The molecule has 0 aromatic heterocycles. The number of hydrogen-bond donors (Lipinski definition) is 2. The van der Waals surface area contributed by atoms with E-state index in [2.05, 4.69) is 0 Å². The maximum Gasteiger partial charge on any atom is 0.371 e. The van der Waals surface area contributed by atoms with Gasteiger partial charge in [-0.25, -0.2) is 4.79 Å². The Hall–Kier alpha value is -2.10. The van der Waals surface area contributed by atoms with Gasteiger partial charge in [0.2, 0.25) is 5.76 Å². The van der Waals surface area contributed by atoms with Gasteiger partial charge in [0.25, 0.3) is 0 Å². The van der Waals surface area contributed by atoms with E-state index in [1.807, 2.05) is 30.3 Å². The Bertz CT molecular complexity index is 519. The first-order valence-electron chi connectivity index (χ1n) is 6.82. The Morgan fingerprint density at radius 2 is 1.70 bits per heavy atom. The molecule has 0 heterocycles. The largest absolute Gasteiger partial charge is 0.502 e. The van der Waals surface area contributed by atoms with Crippen molar-refractivity contribution in [3.63, 3.8) is 0 Å². The number of hydrogen-bond acceptors (Lipinski definition) is 3. The van der Waals surface area contributed by atoms with Gasteiger partial charge in [-0.1, -0.05) is 43.2 Å². The van der Waals surface area contributed by atoms with Crippen molar-refractivity contribution < 1.29 is 19.8 Å². The molecule has 2 unspecified atom stereocenters. The highest BCUT2D eigenvalue weighted by atomic mass is 16.4. The predicted molar refractivity (Wildman–Crippen MR) is 74.5 cm³/mol. The molecule has 0 bridgehead atoms. The number of rotatable bonds is 4. The first-order valence-corrected chi connectivity index (χ1v) is 6.82. The number of ketones is 1. The Labute approximate surface area is 117 Å². The van der Waals surface area contributed by atoms with Gasteiger partial charge in [-0.15, -0.1) is 0 Å². The molecule has 1 aromatic rings. The van der Waals surface area contributed by atoms with Crippen LogP contribution in [0, 0.1) is 5.92 Å². The average Bonchev–Trinajstić information content (AvgIpc) is 2.48. The Morgan fingerprint density at radius 3 is 2.35 bits per heavy atom. The number of aliphatic hydroxyl groups is 1. The Morgan fingerprint density at radius 1 is 1.05 bits per heavy atom. The summed E-state index contributed by atoms with van der Waals surface area (Å²) in [6.07, 6.45) is 4.54. The number of allylic oxidation sites excluding steroid dienone is 1. The minimum Gasteiger partial charge on any atom is -0.502 e. The number of aliphatic hydroxyl groups excluding tert-OH is 1. The monoisotopic (exact) mass is 274 g/mol. The van der Waals surface area contributed by atoms with Gasteiger partial charge < -0.3 is 10.2 Å². The lowest BCUT2D eigenvalue weighted by Gasteiger charge is -2.30. The van der Waals surface area contributed by atoms with Crippen LogP contribution in [0.25, 0.3) is 0 Å². The first-order chi connectivity index (χ1) is 9.59. The molecule has 4 nitrogen and oxygen atoms in total. The minimum absolute atomic E-state index is 0.107. The molecule has 20 heavy (non-hydrogen) atoms. The van der Waals surface area contributed by atoms with Crippen LogP contribution >= 0.6 is 0 Å².